The summed E-state index contributed by atoms with van der Waals surface area (Å²) in [5, 5.41) is 10.3. The lowest BCUT2D eigenvalue weighted by Gasteiger charge is -2.11. The third-order valence-electron chi connectivity index (χ3n) is 2.63. The van der Waals surface area contributed by atoms with Crippen molar-refractivity contribution in [3.63, 3.8) is 0 Å². The van der Waals surface area contributed by atoms with Crippen LogP contribution in [0.5, 0.6) is 0 Å². The molecule has 1 amide bonds. The van der Waals surface area contributed by atoms with E-state index in [1.165, 1.54) is 0 Å². The number of aromatic nitrogens is 2. The molecule has 0 radical (unpaired) electrons. The topological polar surface area (TPSA) is 59.0 Å². The van der Waals surface area contributed by atoms with Gasteiger partial charge in [-0.1, -0.05) is 6.92 Å². The fourth-order valence-electron chi connectivity index (χ4n) is 1.44. The molecule has 96 valence electrons. The van der Waals surface area contributed by atoms with Crippen molar-refractivity contribution in [3.05, 3.63) is 18.0 Å². The van der Waals surface area contributed by atoms with E-state index < -0.39 is 0 Å². The van der Waals surface area contributed by atoms with Crippen molar-refractivity contribution < 1.29 is 4.79 Å². The molecule has 1 heterocycles. The molecule has 0 aliphatic rings. The van der Waals surface area contributed by atoms with Gasteiger partial charge in [-0.05, 0) is 19.4 Å². The first-order chi connectivity index (χ1) is 8.11. The minimum atomic E-state index is 0.0559. The lowest BCUT2D eigenvalue weighted by Crippen LogP contribution is -2.39. The van der Waals surface area contributed by atoms with E-state index >= 15 is 0 Å². The molecule has 0 saturated carbocycles. The van der Waals surface area contributed by atoms with Crippen LogP contribution < -0.4 is 10.6 Å². The van der Waals surface area contributed by atoms with Crippen LogP contribution in [0.1, 0.15) is 26.0 Å². The maximum absolute atomic E-state index is 11.4. The molecule has 0 saturated heterocycles. The van der Waals surface area contributed by atoms with Gasteiger partial charge in [-0.3, -0.25) is 9.48 Å². The third-order valence-corrected chi connectivity index (χ3v) is 2.63. The highest BCUT2D eigenvalue weighted by Crippen LogP contribution is 1.93. The first-order valence-corrected chi connectivity index (χ1v) is 6.10. The largest absolute Gasteiger partial charge is 0.353 e. The number of hydrogen-bond acceptors (Lipinski definition) is 3. The van der Waals surface area contributed by atoms with Crippen molar-refractivity contribution in [2.24, 2.45) is 7.05 Å². The van der Waals surface area contributed by atoms with Crippen molar-refractivity contribution in [3.8, 4) is 0 Å². The SMILES string of the molecule is CCC(C)NC(=O)CNCCc1ccn(C)n1. The molecule has 0 fully saturated rings. The minimum absolute atomic E-state index is 0.0559. The van der Waals surface area contributed by atoms with Gasteiger partial charge in [-0.2, -0.15) is 5.10 Å². The van der Waals surface area contributed by atoms with Crippen LogP contribution in [-0.4, -0.2) is 34.8 Å². The van der Waals surface area contributed by atoms with E-state index in [0.717, 1.165) is 25.1 Å². The van der Waals surface area contributed by atoms with Crippen LogP contribution in [-0.2, 0) is 18.3 Å². The fraction of sp³-hybridized carbons (Fsp3) is 0.667. The van der Waals surface area contributed by atoms with Crippen LogP contribution >= 0.6 is 0 Å². The smallest absolute Gasteiger partial charge is 0.234 e. The summed E-state index contributed by atoms with van der Waals surface area (Å²) in [5.41, 5.74) is 1.04. The zero-order valence-electron chi connectivity index (χ0n) is 10.9. The van der Waals surface area contributed by atoms with Crippen molar-refractivity contribution in [2.45, 2.75) is 32.7 Å². The number of carbonyl (C=O) groups is 1. The Kier molecular flexibility index (Phi) is 5.69. The monoisotopic (exact) mass is 238 g/mol. The van der Waals surface area contributed by atoms with Gasteiger partial charge < -0.3 is 10.6 Å². The number of amides is 1. The zero-order chi connectivity index (χ0) is 12.7. The molecule has 0 spiro atoms. The van der Waals surface area contributed by atoms with E-state index in [1.807, 2.05) is 26.2 Å². The van der Waals surface area contributed by atoms with E-state index in [-0.39, 0.29) is 11.9 Å². The molecule has 1 unspecified atom stereocenters. The molecule has 5 nitrogen and oxygen atoms in total. The summed E-state index contributed by atoms with van der Waals surface area (Å²) in [4.78, 5) is 11.4. The van der Waals surface area contributed by atoms with Crippen molar-refractivity contribution in [1.29, 1.82) is 0 Å². The second kappa shape index (κ2) is 7.06. The maximum atomic E-state index is 11.4. The highest BCUT2D eigenvalue weighted by atomic mass is 16.1. The van der Waals surface area contributed by atoms with E-state index in [1.54, 1.807) is 4.68 Å². The number of nitrogens with zero attached hydrogens (tertiary/aromatic N) is 2. The summed E-state index contributed by atoms with van der Waals surface area (Å²) in [5.74, 6) is 0.0559. The van der Waals surface area contributed by atoms with Gasteiger partial charge in [0.1, 0.15) is 0 Å². The number of carbonyl (C=O) groups excluding carboxylic acids is 1. The summed E-state index contributed by atoms with van der Waals surface area (Å²) in [7, 11) is 1.90. The fourth-order valence-corrected chi connectivity index (χ4v) is 1.44. The predicted octanol–water partition coefficient (Wildman–Crippen LogP) is 0.467. The van der Waals surface area contributed by atoms with Crippen molar-refractivity contribution in [2.75, 3.05) is 13.1 Å². The molecule has 1 rings (SSSR count). The first kappa shape index (κ1) is 13.7. The molecule has 0 bridgehead atoms. The van der Waals surface area contributed by atoms with Gasteiger partial charge in [0.2, 0.25) is 5.91 Å². The van der Waals surface area contributed by atoms with Crippen LogP contribution in [0.4, 0.5) is 0 Å². The summed E-state index contributed by atoms with van der Waals surface area (Å²) in [6.45, 7) is 5.20. The number of aryl methyl sites for hydroxylation is 1. The van der Waals surface area contributed by atoms with E-state index in [2.05, 4.69) is 22.7 Å². The molecular formula is C12H22N4O. The van der Waals surface area contributed by atoms with E-state index in [4.69, 9.17) is 0 Å². The van der Waals surface area contributed by atoms with Crippen molar-refractivity contribution >= 4 is 5.91 Å². The predicted molar refractivity (Wildman–Crippen MR) is 67.7 cm³/mol. The lowest BCUT2D eigenvalue weighted by atomic mass is 10.2. The van der Waals surface area contributed by atoms with Crippen molar-refractivity contribution in [1.82, 2.24) is 20.4 Å². The molecule has 1 aromatic rings. The Bertz CT molecular complexity index is 348. The quantitative estimate of drug-likeness (QED) is 0.679. The molecule has 0 aliphatic carbocycles. The third kappa shape index (κ3) is 5.49. The summed E-state index contributed by atoms with van der Waals surface area (Å²) >= 11 is 0. The van der Waals surface area contributed by atoms with Gasteiger partial charge in [0, 0.05) is 32.3 Å². The Hall–Kier alpha value is -1.36. The lowest BCUT2D eigenvalue weighted by molar-refractivity contribution is -0.120. The standard InChI is InChI=1S/C12H22N4O/c1-4-10(2)14-12(17)9-13-7-5-11-6-8-16(3)15-11/h6,8,10,13H,4-5,7,9H2,1-3H3,(H,14,17). The van der Waals surface area contributed by atoms with Gasteiger partial charge in [-0.25, -0.2) is 0 Å². The zero-order valence-corrected chi connectivity index (χ0v) is 10.9. The molecule has 17 heavy (non-hydrogen) atoms. The van der Waals surface area contributed by atoms with Gasteiger partial charge in [0.25, 0.3) is 0 Å². The molecular weight excluding hydrogens is 216 g/mol. The summed E-state index contributed by atoms with van der Waals surface area (Å²) in [6, 6.07) is 2.24. The minimum Gasteiger partial charge on any atom is -0.353 e. The maximum Gasteiger partial charge on any atom is 0.234 e. The Balaban J connectivity index is 2.10. The summed E-state index contributed by atoms with van der Waals surface area (Å²) < 4.78 is 1.78. The Morgan fingerprint density at radius 1 is 1.59 bits per heavy atom. The van der Waals surface area contributed by atoms with Gasteiger partial charge in [-0.15, -0.1) is 0 Å². The van der Waals surface area contributed by atoms with Gasteiger partial charge in [0.05, 0.1) is 12.2 Å². The molecule has 1 aromatic heterocycles. The molecule has 0 aliphatic heterocycles. The van der Waals surface area contributed by atoms with Crippen LogP contribution in [0.15, 0.2) is 12.3 Å². The summed E-state index contributed by atoms with van der Waals surface area (Å²) in [6.07, 6.45) is 3.72. The van der Waals surface area contributed by atoms with Crippen LogP contribution in [0.25, 0.3) is 0 Å². The van der Waals surface area contributed by atoms with E-state index in [9.17, 15) is 4.79 Å². The van der Waals surface area contributed by atoms with E-state index in [0.29, 0.717) is 6.54 Å². The number of hydrogen-bond donors (Lipinski definition) is 2. The van der Waals surface area contributed by atoms with Crippen LogP contribution in [0.2, 0.25) is 0 Å². The molecule has 5 heteroatoms. The first-order valence-electron chi connectivity index (χ1n) is 6.10. The van der Waals surface area contributed by atoms with Gasteiger partial charge >= 0.3 is 0 Å². The Morgan fingerprint density at radius 2 is 2.35 bits per heavy atom. The van der Waals surface area contributed by atoms with Crippen LogP contribution in [0.3, 0.4) is 0 Å². The average Bonchev–Trinajstić information content (AvgIpc) is 2.70. The second-order valence-electron chi connectivity index (χ2n) is 4.28. The van der Waals surface area contributed by atoms with Gasteiger partial charge in [0.15, 0.2) is 0 Å². The Morgan fingerprint density at radius 3 is 2.94 bits per heavy atom. The Labute approximate surface area is 103 Å². The highest BCUT2D eigenvalue weighted by Gasteiger charge is 2.04. The average molecular weight is 238 g/mol. The molecule has 2 N–H and O–H groups in total. The van der Waals surface area contributed by atoms with Crippen LogP contribution in [0, 0.1) is 0 Å². The second-order valence-corrected chi connectivity index (χ2v) is 4.28. The molecule has 0 aromatic carbocycles. The molecule has 1 atom stereocenters. The number of nitrogens with one attached hydrogen (secondary N) is 2. The normalized spacial score (nSPS) is 12.4. The number of rotatable bonds is 7. The highest BCUT2D eigenvalue weighted by molar-refractivity contribution is 5.78.